The van der Waals surface area contributed by atoms with Crippen molar-refractivity contribution in [2.24, 2.45) is 0 Å². The normalized spacial score (nSPS) is 29.0. The maximum atomic E-state index is 10.6. The van der Waals surface area contributed by atoms with Crippen molar-refractivity contribution in [2.75, 3.05) is 20.1 Å². The Bertz CT molecular complexity index is 339. The lowest BCUT2D eigenvalue weighted by atomic mass is 9.92. The second-order valence-electron chi connectivity index (χ2n) is 4.29. The van der Waals surface area contributed by atoms with E-state index >= 15 is 0 Å². The predicted octanol–water partition coefficient (Wildman–Crippen LogP) is 2.35. The van der Waals surface area contributed by atoms with E-state index in [0.717, 1.165) is 36.8 Å². The first kappa shape index (κ1) is 11.2. The first-order valence-corrected chi connectivity index (χ1v) is 6.05. The molecule has 1 unspecified atom stereocenters. The van der Waals surface area contributed by atoms with Gasteiger partial charge in [0.25, 0.3) is 0 Å². The zero-order valence-corrected chi connectivity index (χ0v) is 10.5. The average Bonchev–Trinajstić information content (AvgIpc) is 2.55. The van der Waals surface area contributed by atoms with E-state index in [9.17, 15) is 5.11 Å². The largest absolute Gasteiger partial charge is 0.465 e. The predicted molar refractivity (Wildman–Crippen MR) is 61.7 cm³/mol. The Morgan fingerprint density at radius 1 is 1.47 bits per heavy atom. The first-order chi connectivity index (χ1) is 7.12. The van der Waals surface area contributed by atoms with Crippen molar-refractivity contribution in [3.8, 4) is 0 Å². The molecule has 1 saturated heterocycles. The van der Waals surface area contributed by atoms with Crippen LogP contribution in [0.3, 0.4) is 0 Å². The summed E-state index contributed by atoms with van der Waals surface area (Å²) in [7, 11) is 2.09. The standard InChI is InChI=1S/C11H16BrNO2/c1-13-6-2-4-11(14,5-7-13)10-9(12)3-8-15-10/h3,8,14H,2,4-7H2,1H3. The topological polar surface area (TPSA) is 36.6 Å². The minimum atomic E-state index is -0.799. The molecular formula is C11H16BrNO2. The van der Waals surface area contributed by atoms with Crippen molar-refractivity contribution < 1.29 is 9.52 Å². The van der Waals surface area contributed by atoms with E-state index in [2.05, 4.69) is 27.9 Å². The fraction of sp³-hybridized carbons (Fsp3) is 0.636. The van der Waals surface area contributed by atoms with Crippen LogP contribution in [0.2, 0.25) is 0 Å². The molecule has 0 saturated carbocycles. The number of furan rings is 1. The third kappa shape index (κ3) is 2.27. The molecule has 4 heteroatoms. The fourth-order valence-electron chi connectivity index (χ4n) is 2.11. The molecule has 0 radical (unpaired) electrons. The number of aliphatic hydroxyl groups is 1. The van der Waals surface area contributed by atoms with Gasteiger partial charge in [0.05, 0.1) is 10.7 Å². The lowest BCUT2D eigenvalue weighted by Gasteiger charge is -2.24. The van der Waals surface area contributed by atoms with Crippen LogP contribution in [0.5, 0.6) is 0 Å². The second kappa shape index (κ2) is 4.28. The van der Waals surface area contributed by atoms with Gasteiger partial charge >= 0.3 is 0 Å². The molecule has 1 atom stereocenters. The van der Waals surface area contributed by atoms with E-state index in [4.69, 9.17) is 4.42 Å². The summed E-state index contributed by atoms with van der Waals surface area (Å²) >= 11 is 3.41. The molecule has 3 nitrogen and oxygen atoms in total. The molecule has 84 valence electrons. The van der Waals surface area contributed by atoms with Crippen LogP contribution in [0, 0.1) is 0 Å². The molecular weight excluding hydrogens is 258 g/mol. The minimum absolute atomic E-state index is 0.679. The van der Waals surface area contributed by atoms with E-state index in [1.807, 2.05) is 6.07 Å². The van der Waals surface area contributed by atoms with Crippen LogP contribution in [0.4, 0.5) is 0 Å². The quantitative estimate of drug-likeness (QED) is 0.854. The van der Waals surface area contributed by atoms with Gasteiger partial charge in [-0.3, -0.25) is 0 Å². The summed E-state index contributed by atoms with van der Waals surface area (Å²) in [4.78, 5) is 2.24. The van der Waals surface area contributed by atoms with Crippen molar-refractivity contribution >= 4 is 15.9 Å². The van der Waals surface area contributed by atoms with Crippen LogP contribution < -0.4 is 0 Å². The summed E-state index contributed by atoms with van der Waals surface area (Å²) in [5.41, 5.74) is -0.799. The van der Waals surface area contributed by atoms with Gasteiger partial charge in [0.2, 0.25) is 0 Å². The van der Waals surface area contributed by atoms with Gasteiger partial charge in [0.1, 0.15) is 11.4 Å². The van der Waals surface area contributed by atoms with Crippen molar-refractivity contribution in [3.63, 3.8) is 0 Å². The molecule has 0 amide bonds. The molecule has 0 aromatic carbocycles. The molecule has 0 spiro atoms. The van der Waals surface area contributed by atoms with Crippen molar-refractivity contribution in [1.29, 1.82) is 0 Å². The minimum Gasteiger partial charge on any atom is -0.465 e. The third-order valence-corrected chi connectivity index (χ3v) is 3.70. The maximum Gasteiger partial charge on any atom is 0.149 e. The maximum absolute atomic E-state index is 10.6. The smallest absolute Gasteiger partial charge is 0.149 e. The van der Waals surface area contributed by atoms with Gasteiger partial charge in [0.15, 0.2) is 0 Å². The molecule has 1 fully saturated rings. The third-order valence-electron chi connectivity index (χ3n) is 3.08. The number of hydrogen-bond acceptors (Lipinski definition) is 3. The van der Waals surface area contributed by atoms with Crippen LogP contribution in [-0.4, -0.2) is 30.1 Å². The van der Waals surface area contributed by atoms with Crippen LogP contribution in [0.1, 0.15) is 25.0 Å². The van der Waals surface area contributed by atoms with Crippen molar-refractivity contribution in [2.45, 2.75) is 24.9 Å². The Morgan fingerprint density at radius 3 is 2.93 bits per heavy atom. The molecule has 0 aliphatic carbocycles. The molecule has 2 rings (SSSR count). The Labute approximate surface area is 98.2 Å². The monoisotopic (exact) mass is 273 g/mol. The highest BCUT2D eigenvalue weighted by Gasteiger charge is 2.35. The highest BCUT2D eigenvalue weighted by molar-refractivity contribution is 9.10. The van der Waals surface area contributed by atoms with E-state index in [-0.39, 0.29) is 0 Å². The van der Waals surface area contributed by atoms with Crippen molar-refractivity contribution in [1.82, 2.24) is 4.90 Å². The van der Waals surface area contributed by atoms with Crippen LogP contribution >= 0.6 is 15.9 Å². The Kier molecular flexibility index (Phi) is 3.19. The van der Waals surface area contributed by atoms with Crippen LogP contribution in [0.25, 0.3) is 0 Å². The molecule has 1 aliphatic heterocycles. The van der Waals surface area contributed by atoms with Gasteiger partial charge in [0, 0.05) is 6.54 Å². The molecule has 1 aliphatic rings. The summed E-state index contributed by atoms with van der Waals surface area (Å²) < 4.78 is 6.25. The number of likely N-dealkylation sites (tertiary alicyclic amines) is 1. The van der Waals surface area contributed by atoms with E-state index < -0.39 is 5.60 Å². The lowest BCUT2D eigenvalue weighted by Crippen LogP contribution is -2.27. The molecule has 1 aromatic heterocycles. The summed E-state index contributed by atoms with van der Waals surface area (Å²) in [6.45, 7) is 1.95. The molecule has 15 heavy (non-hydrogen) atoms. The van der Waals surface area contributed by atoms with Gasteiger partial charge in [-0.2, -0.15) is 0 Å². The van der Waals surface area contributed by atoms with E-state index in [1.54, 1.807) is 6.26 Å². The summed E-state index contributed by atoms with van der Waals surface area (Å²) in [5.74, 6) is 0.679. The Balaban J connectivity index is 2.22. The summed E-state index contributed by atoms with van der Waals surface area (Å²) in [6, 6.07) is 1.84. The molecule has 1 N–H and O–H groups in total. The van der Waals surface area contributed by atoms with Gasteiger partial charge < -0.3 is 14.4 Å². The zero-order valence-electron chi connectivity index (χ0n) is 8.87. The SMILES string of the molecule is CN1CCCC(O)(c2occc2Br)CC1. The number of nitrogens with zero attached hydrogens (tertiary/aromatic N) is 1. The number of halogens is 1. The fourth-order valence-corrected chi connectivity index (χ4v) is 2.68. The van der Waals surface area contributed by atoms with Gasteiger partial charge in [-0.05, 0) is 54.9 Å². The van der Waals surface area contributed by atoms with Gasteiger partial charge in [-0.1, -0.05) is 0 Å². The lowest BCUT2D eigenvalue weighted by molar-refractivity contribution is 0.0000953. The second-order valence-corrected chi connectivity index (χ2v) is 5.14. The Hall–Kier alpha value is -0.320. The molecule has 1 aromatic rings. The summed E-state index contributed by atoms with van der Waals surface area (Å²) in [5, 5.41) is 10.6. The van der Waals surface area contributed by atoms with Gasteiger partial charge in [-0.25, -0.2) is 0 Å². The molecule has 2 heterocycles. The highest BCUT2D eigenvalue weighted by Crippen LogP contribution is 2.37. The molecule has 0 bridgehead atoms. The van der Waals surface area contributed by atoms with E-state index in [0.29, 0.717) is 5.76 Å². The first-order valence-electron chi connectivity index (χ1n) is 5.26. The van der Waals surface area contributed by atoms with E-state index in [1.165, 1.54) is 0 Å². The van der Waals surface area contributed by atoms with Crippen molar-refractivity contribution in [3.05, 3.63) is 22.6 Å². The highest BCUT2D eigenvalue weighted by atomic mass is 79.9. The van der Waals surface area contributed by atoms with Crippen LogP contribution in [-0.2, 0) is 5.60 Å². The number of hydrogen-bond donors (Lipinski definition) is 1. The Morgan fingerprint density at radius 2 is 2.27 bits per heavy atom. The average molecular weight is 274 g/mol. The number of rotatable bonds is 1. The van der Waals surface area contributed by atoms with Crippen LogP contribution in [0.15, 0.2) is 21.2 Å². The zero-order chi connectivity index (χ0) is 10.9. The summed E-state index contributed by atoms with van der Waals surface area (Å²) in [6.07, 6.45) is 4.12. The van der Waals surface area contributed by atoms with Gasteiger partial charge in [-0.15, -0.1) is 0 Å².